The van der Waals surface area contributed by atoms with Crippen LogP contribution in [0.1, 0.15) is 51.4 Å². The number of benzene rings is 4. The van der Waals surface area contributed by atoms with Crippen molar-refractivity contribution in [1.82, 2.24) is 0 Å². The van der Waals surface area contributed by atoms with Crippen LogP contribution in [0.3, 0.4) is 0 Å². The molecule has 4 aromatic rings. The summed E-state index contributed by atoms with van der Waals surface area (Å²) in [5, 5.41) is 11.1. The van der Waals surface area contributed by atoms with Crippen LogP contribution < -0.4 is 5.30 Å². The molecule has 2 aliphatic rings. The Morgan fingerprint density at radius 1 is 0.600 bits per heavy atom. The van der Waals surface area contributed by atoms with Gasteiger partial charge in [-0.3, -0.25) is 0 Å². The molecule has 0 bridgehead atoms. The zero-order valence-corrected chi connectivity index (χ0v) is 18.3. The van der Waals surface area contributed by atoms with Gasteiger partial charge in [-0.1, -0.05) is 60.7 Å². The van der Waals surface area contributed by atoms with Crippen LogP contribution in [0.5, 0.6) is 0 Å². The fourth-order valence-corrected chi connectivity index (χ4v) is 9.22. The van der Waals surface area contributed by atoms with E-state index in [1.807, 2.05) is 0 Å². The highest BCUT2D eigenvalue weighted by molar-refractivity contribution is 7.79. The molecule has 0 amide bonds. The zero-order chi connectivity index (χ0) is 20.1. The van der Waals surface area contributed by atoms with Gasteiger partial charge in [0.05, 0.1) is 0 Å². The zero-order valence-electron chi connectivity index (χ0n) is 17.4. The highest BCUT2D eigenvalue weighted by Gasteiger charge is 2.36. The summed E-state index contributed by atoms with van der Waals surface area (Å²) < 4.78 is 15.1. The fraction of sp³-hybridized carbons (Fsp3) is 0.286. The Bertz CT molecular complexity index is 1330. The molecule has 0 saturated heterocycles. The Hall–Kier alpha value is -2.37. The maximum Gasteiger partial charge on any atom is 0.163 e. The first-order chi connectivity index (χ1) is 14.8. The molecule has 6 rings (SSSR count). The first-order valence-electron chi connectivity index (χ1n) is 11.4. The van der Waals surface area contributed by atoms with E-state index >= 15 is 4.57 Å². The second-order valence-corrected chi connectivity index (χ2v) is 11.8. The molecule has 0 spiro atoms. The predicted molar refractivity (Wildman–Crippen MR) is 130 cm³/mol. The van der Waals surface area contributed by atoms with Gasteiger partial charge in [0.1, 0.15) is 0 Å². The van der Waals surface area contributed by atoms with Gasteiger partial charge in [-0.2, -0.15) is 0 Å². The molecule has 2 aliphatic carbocycles. The van der Waals surface area contributed by atoms with E-state index in [-0.39, 0.29) is 0 Å². The molecule has 0 unspecified atom stereocenters. The summed E-state index contributed by atoms with van der Waals surface area (Å²) in [6.07, 6.45) is 13.5. The topological polar surface area (TPSA) is 17.1 Å². The van der Waals surface area contributed by atoms with Gasteiger partial charge in [0.2, 0.25) is 0 Å². The van der Waals surface area contributed by atoms with Crippen LogP contribution in [0, 0.1) is 0 Å². The third-order valence-corrected chi connectivity index (χ3v) is 10.7. The molecule has 0 aliphatic heterocycles. The fourth-order valence-electron chi connectivity index (χ4n) is 5.70. The van der Waals surface area contributed by atoms with Crippen molar-refractivity contribution in [3.63, 3.8) is 0 Å². The van der Waals surface area contributed by atoms with Gasteiger partial charge in [0, 0.05) is 5.30 Å². The van der Waals surface area contributed by atoms with E-state index in [0.29, 0.717) is 0 Å². The van der Waals surface area contributed by atoms with Crippen molar-refractivity contribution in [2.75, 3.05) is 0 Å². The Morgan fingerprint density at radius 2 is 1.17 bits per heavy atom. The second-order valence-electron chi connectivity index (χ2n) is 8.93. The molecule has 150 valence electrons. The minimum Gasteiger partial charge on any atom is -0.309 e. The molecule has 1 nitrogen and oxygen atoms in total. The van der Waals surface area contributed by atoms with Gasteiger partial charge in [-0.15, -0.1) is 0 Å². The molecule has 30 heavy (non-hydrogen) atoms. The normalized spacial score (nSPS) is 18.1. The molecule has 2 heteroatoms. The number of hydrogen-bond acceptors (Lipinski definition) is 1. The summed E-state index contributed by atoms with van der Waals surface area (Å²) in [7, 11) is -2.76. The van der Waals surface area contributed by atoms with Crippen molar-refractivity contribution in [2.24, 2.45) is 0 Å². The summed E-state index contributed by atoms with van der Waals surface area (Å²) in [6.45, 7) is 0. The van der Waals surface area contributed by atoms with Gasteiger partial charge in [0.25, 0.3) is 0 Å². The predicted octanol–water partition coefficient (Wildman–Crippen LogP) is 8.49. The van der Waals surface area contributed by atoms with Crippen LogP contribution in [0.15, 0.2) is 77.4 Å². The van der Waals surface area contributed by atoms with Crippen molar-refractivity contribution >= 4 is 44.8 Å². The Kier molecular flexibility index (Phi) is 4.36. The first kappa shape index (κ1) is 18.4. The maximum atomic E-state index is 15.1. The Morgan fingerprint density at radius 3 is 1.77 bits per heavy atom. The molecular weight excluding hydrogens is 383 g/mol. The van der Waals surface area contributed by atoms with Crippen molar-refractivity contribution < 1.29 is 4.57 Å². The number of allylic oxidation sites excluding steroid dienone is 4. The van der Waals surface area contributed by atoms with Crippen LogP contribution in [-0.2, 0) is 4.57 Å². The molecule has 4 aromatic carbocycles. The van der Waals surface area contributed by atoms with E-state index in [9.17, 15) is 0 Å². The Balaban J connectivity index is 1.71. The van der Waals surface area contributed by atoms with Crippen molar-refractivity contribution in [3.8, 4) is 0 Å². The molecular formula is C28H27OP. The van der Waals surface area contributed by atoms with Gasteiger partial charge in [-0.05, 0) is 100 Å². The van der Waals surface area contributed by atoms with E-state index < -0.39 is 7.14 Å². The van der Waals surface area contributed by atoms with E-state index in [4.69, 9.17) is 0 Å². The molecule has 0 heterocycles. The first-order valence-corrected chi connectivity index (χ1v) is 13.1. The average Bonchev–Trinajstić information content (AvgIpc) is 2.83. The molecule has 0 radical (unpaired) electrons. The van der Waals surface area contributed by atoms with Crippen molar-refractivity contribution in [3.05, 3.63) is 77.4 Å². The smallest absolute Gasteiger partial charge is 0.163 e. The lowest BCUT2D eigenvalue weighted by molar-refractivity contribution is 0.581. The van der Waals surface area contributed by atoms with Crippen LogP contribution >= 0.6 is 7.14 Å². The maximum absolute atomic E-state index is 15.1. The lowest BCUT2D eigenvalue weighted by atomic mass is 9.94. The summed E-state index contributed by atoms with van der Waals surface area (Å²) in [5.74, 6) is 0. The highest BCUT2D eigenvalue weighted by atomic mass is 31.2. The van der Waals surface area contributed by atoms with Crippen molar-refractivity contribution in [1.29, 1.82) is 0 Å². The van der Waals surface area contributed by atoms with E-state index in [1.54, 1.807) is 0 Å². The van der Waals surface area contributed by atoms with Crippen LogP contribution in [0.4, 0.5) is 0 Å². The molecule has 0 N–H and O–H groups in total. The van der Waals surface area contributed by atoms with E-state index in [0.717, 1.165) is 43.8 Å². The molecule has 0 saturated carbocycles. The van der Waals surface area contributed by atoms with Crippen LogP contribution in [0.25, 0.3) is 32.3 Å². The molecule has 0 atom stereocenters. The highest BCUT2D eigenvalue weighted by Crippen LogP contribution is 2.65. The lowest BCUT2D eigenvalue weighted by Crippen LogP contribution is -2.13. The van der Waals surface area contributed by atoms with Gasteiger partial charge >= 0.3 is 0 Å². The Labute approximate surface area is 178 Å². The third kappa shape index (κ3) is 2.65. The van der Waals surface area contributed by atoms with Gasteiger partial charge in [-0.25, -0.2) is 0 Å². The van der Waals surface area contributed by atoms with E-state index in [2.05, 4.69) is 66.7 Å². The molecule has 0 fully saturated rings. The SMILES string of the molecule is O=P(C1=CCCCC1)(C1=CCCCC1)c1ccc2ccc3cccc4ccc1c2c34. The molecule has 0 aromatic heterocycles. The van der Waals surface area contributed by atoms with Gasteiger partial charge < -0.3 is 4.57 Å². The summed E-state index contributed by atoms with van der Waals surface area (Å²) in [5.41, 5.74) is 0. The monoisotopic (exact) mass is 410 g/mol. The average molecular weight is 410 g/mol. The van der Waals surface area contributed by atoms with Gasteiger partial charge in [0.15, 0.2) is 7.14 Å². The quantitative estimate of drug-likeness (QED) is 0.244. The van der Waals surface area contributed by atoms with Crippen LogP contribution in [0.2, 0.25) is 0 Å². The van der Waals surface area contributed by atoms with Crippen LogP contribution in [-0.4, -0.2) is 0 Å². The minimum atomic E-state index is -2.76. The van der Waals surface area contributed by atoms with Crippen molar-refractivity contribution in [2.45, 2.75) is 51.4 Å². The summed E-state index contributed by atoms with van der Waals surface area (Å²) >= 11 is 0. The largest absolute Gasteiger partial charge is 0.309 e. The minimum absolute atomic E-state index is 0.983. The number of hydrogen-bond donors (Lipinski definition) is 0. The second kappa shape index (κ2) is 7.10. The standard InChI is InChI=1S/C28H27OP/c29-30(23-10-3-1-4-11-23,24-12-5-2-6-13-24)26-19-17-22-15-14-20-8-7-9-21-16-18-25(26)28(22)27(20)21/h7-10,12,14-19H,1-6,11,13H2. The number of rotatable bonds is 3. The summed E-state index contributed by atoms with van der Waals surface area (Å²) in [6, 6.07) is 19.8. The summed E-state index contributed by atoms with van der Waals surface area (Å²) in [4.78, 5) is 0. The lowest BCUT2D eigenvalue weighted by Gasteiger charge is -2.30. The third-order valence-electron chi connectivity index (χ3n) is 7.19. The van der Waals surface area contributed by atoms with E-state index in [1.165, 1.54) is 55.8 Å².